The second-order valence-electron chi connectivity index (χ2n) is 5.09. The van der Waals surface area contributed by atoms with Gasteiger partial charge in [-0.05, 0) is 60.7 Å². The summed E-state index contributed by atoms with van der Waals surface area (Å²) in [5.74, 6) is 1.95. The Balaban J connectivity index is 1.95. The van der Waals surface area contributed by atoms with E-state index < -0.39 is 0 Å². The molecule has 5 heteroatoms. The van der Waals surface area contributed by atoms with Crippen molar-refractivity contribution in [1.29, 1.82) is 5.26 Å². The van der Waals surface area contributed by atoms with Crippen LogP contribution in [0.5, 0.6) is 23.0 Å². The lowest BCUT2D eigenvalue weighted by molar-refractivity contribution is 0.418. The molecular weight excluding hydrogens is 302 g/mol. The fourth-order valence-corrected chi connectivity index (χ4v) is 2.11. The maximum absolute atomic E-state index is 9.35. The summed E-state index contributed by atoms with van der Waals surface area (Å²) in [7, 11) is 0. The monoisotopic (exact) mass is 317 g/mol. The van der Waals surface area contributed by atoms with Gasteiger partial charge in [0.05, 0.1) is 5.56 Å². The van der Waals surface area contributed by atoms with Gasteiger partial charge in [-0.2, -0.15) is 5.26 Å². The molecule has 24 heavy (non-hydrogen) atoms. The van der Waals surface area contributed by atoms with Gasteiger partial charge < -0.3 is 20.9 Å². The van der Waals surface area contributed by atoms with Crippen LogP contribution in [0.2, 0.25) is 0 Å². The van der Waals surface area contributed by atoms with Crippen LogP contribution in [-0.2, 0) is 0 Å². The largest absolute Gasteiger partial charge is 0.453 e. The average molecular weight is 317 g/mol. The quantitative estimate of drug-likeness (QED) is 0.699. The standard InChI is InChI=1S/C19H15N3O2/c20-12-13-2-1-3-18(23-16-8-4-14(21)5-9-16)19(13)24-17-10-6-15(22)7-11-17/h1-11H,21-22H2. The Morgan fingerprint density at radius 1 is 0.708 bits per heavy atom. The molecule has 3 aromatic rings. The molecule has 3 aromatic carbocycles. The minimum Gasteiger partial charge on any atom is -0.453 e. The van der Waals surface area contributed by atoms with Gasteiger partial charge in [-0.1, -0.05) is 6.07 Å². The Labute approximate surface area is 139 Å². The molecule has 4 N–H and O–H groups in total. The van der Waals surface area contributed by atoms with Crippen LogP contribution >= 0.6 is 0 Å². The van der Waals surface area contributed by atoms with Gasteiger partial charge in [-0.3, -0.25) is 0 Å². The lowest BCUT2D eigenvalue weighted by Crippen LogP contribution is -1.94. The number of nitrogens with zero attached hydrogens (tertiary/aromatic N) is 1. The molecule has 0 amide bonds. The molecule has 0 aliphatic heterocycles. The highest BCUT2D eigenvalue weighted by molar-refractivity contribution is 5.56. The Hall–Kier alpha value is -3.65. The van der Waals surface area contributed by atoms with Gasteiger partial charge in [0, 0.05) is 11.4 Å². The SMILES string of the molecule is N#Cc1cccc(Oc2ccc(N)cc2)c1Oc1ccc(N)cc1. The number of nitrogen functional groups attached to an aromatic ring is 2. The normalized spacial score (nSPS) is 9.96. The van der Waals surface area contributed by atoms with E-state index in [0.29, 0.717) is 39.9 Å². The summed E-state index contributed by atoms with van der Waals surface area (Å²) in [6.45, 7) is 0. The second-order valence-corrected chi connectivity index (χ2v) is 5.09. The van der Waals surface area contributed by atoms with Gasteiger partial charge >= 0.3 is 0 Å². The fourth-order valence-electron chi connectivity index (χ4n) is 2.11. The molecule has 5 nitrogen and oxygen atoms in total. The van der Waals surface area contributed by atoms with Crippen molar-refractivity contribution < 1.29 is 9.47 Å². The number of hydrogen-bond donors (Lipinski definition) is 2. The highest BCUT2D eigenvalue weighted by Gasteiger charge is 2.13. The first kappa shape index (κ1) is 15.3. The lowest BCUT2D eigenvalue weighted by Gasteiger charge is -2.13. The number of nitrogens with two attached hydrogens (primary N) is 2. The third kappa shape index (κ3) is 3.39. The Bertz CT molecular complexity index is 882. The highest BCUT2D eigenvalue weighted by atomic mass is 16.5. The van der Waals surface area contributed by atoms with Crippen LogP contribution in [0.1, 0.15) is 5.56 Å². The topological polar surface area (TPSA) is 94.3 Å². The van der Waals surface area contributed by atoms with Crippen LogP contribution < -0.4 is 20.9 Å². The van der Waals surface area contributed by atoms with E-state index in [1.54, 1.807) is 66.7 Å². The van der Waals surface area contributed by atoms with Crippen LogP contribution in [-0.4, -0.2) is 0 Å². The van der Waals surface area contributed by atoms with E-state index in [1.807, 2.05) is 0 Å². The summed E-state index contributed by atoms with van der Waals surface area (Å²) in [5, 5.41) is 9.35. The molecular formula is C19H15N3O2. The van der Waals surface area contributed by atoms with Crippen LogP contribution in [0, 0.1) is 11.3 Å². The average Bonchev–Trinajstić information content (AvgIpc) is 2.60. The molecule has 0 aromatic heterocycles. The smallest absolute Gasteiger partial charge is 0.187 e. The maximum atomic E-state index is 9.35. The third-order valence-electron chi connectivity index (χ3n) is 3.31. The number of nitriles is 1. The van der Waals surface area contributed by atoms with E-state index >= 15 is 0 Å². The fraction of sp³-hybridized carbons (Fsp3) is 0. The zero-order chi connectivity index (χ0) is 16.9. The van der Waals surface area contributed by atoms with Crippen molar-refractivity contribution in [3.63, 3.8) is 0 Å². The van der Waals surface area contributed by atoms with E-state index in [-0.39, 0.29) is 0 Å². The first-order valence-corrected chi connectivity index (χ1v) is 7.25. The van der Waals surface area contributed by atoms with Crippen molar-refractivity contribution in [2.45, 2.75) is 0 Å². The summed E-state index contributed by atoms with van der Waals surface area (Å²) in [6, 6.07) is 21.2. The van der Waals surface area contributed by atoms with Gasteiger partial charge in [-0.15, -0.1) is 0 Å². The number of anilines is 2. The minimum absolute atomic E-state index is 0.349. The molecule has 0 aliphatic rings. The molecule has 0 spiro atoms. The molecule has 0 saturated heterocycles. The minimum atomic E-state index is 0.349. The molecule has 0 aliphatic carbocycles. The van der Waals surface area contributed by atoms with Gasteiger partial charge in [0.15, 0.2) is 11.5 Å². The van der Waals surface area contributed by atoms with Crippen molar-refractivity contribution >= 4 is 11.4 Å². The van der Waals surface area contributed by atoms with Crippen molar-refractivity contribution in [2.75, 3.05) is 11.5 Å². The van der Waals surface area contributed by atoms with E-state index in [4.69, 9.17) is 20.9 Å². The zero-order valence-electron chi connectivity index (χ0n) is 12.8. The molecule has 0 saturated carbocycles. The van der Waals surface area contributed by atoms with Crippen molar-refractivity contribution in [3.05, 3.63) is 72.3 Å². The predicted octanol–water partition coefficient (Wildman–Crippen LogP) is 4.31. The summed E-state index contributed by atoms with van der Waals surface area (Å²) >= 11 is 0. The molecule has 0 fully saturated rings. The van der Waals surface area contributed by atoms with Crippen LogP contribution in [0.25, 0.3) is 0 Å². The van der Waals surface area contributed by atoms with E-state index in [2.05, 4.69) is 6.07 Å². The molecule has 0 bridgehead atoms. The highest BCUT2D eigenvalue weighted by Crippen LogP contribution is 2.37. The maximum Gasteiger partial charge on any atom is 0.187 e. The van der Waals surface area contributed by atoms with Crippen molar-refractivity contribution in [1.82, 2.24) is 0 Å². The van der Waals surface area contributed by atoms with E-state index in [9.17, 15) is 5.26 Å². The Kier molecular flexibility index (Phi) is 4.21. The number of hydrogen-bond acceptors (Lipinski definition) is 5. The Morgan fingerprint density at radius 3 is 1.79 bits per heavy atom. The number of para-hydroxylation sites is 1. The van der Waals surface area contributed by atoms with Gasteiger partial charge in [0.1, 0.15) is 17.6 Å². The first-order chi connectivity index (χ1) is 11.7. The molecule has 0 atom stereocenters. The summed E-state index contributed by atoms with van der Waals surface area (Å²) in [6.07, 6.45) is 0. The van der Waals surface area contributed by atoms with E-state index in [1.165, 1.54) is 0 Å². The van der Waals surface area contributed by atoms with Gasteiger partial charge in [0.2, 0.25) is 0 Å². The number of ether oxygens (including phenoxy) is 2. The summed E-state index contributed by atoms with van der Waals surface area (Å²) < 4.78 is 11.7. The van der Waals surface area contributed by atoms with E-state index in [0.717, 1.165) is 0 Å². The van der Waals surface area contributed by atoms with Gasteiger partial charge in [0.25, 0.3) is 0 Å². The summed E-state index contributed by atoms with van der Waals surface area (Å²) in [4.78, 5) is 0. The summed E-state index contributed by atoms with van der Waals surface area (Å²) in [5.41, 5.74) is 13.0. The predicted molar refractivity (Wildman–Crippen MR) is 93.0 cm³/mol. The van der Waals surface area contributed by atoms with Crippen LogP contribution in [0.15, 0.2) is 66.7 Å². The molecule has 118 valence electrons. The number of rotatable bonds is 4. The molecule has 0 radical (unpaired) electrons. The van der Waals surface area contributed by atoms with Gasteiger partial charge in [-0.25, -0.2) is 0 Å². The third-order valence-corrected chi connectivity index (χ3v) is 3.31. The molecule has 0 unspecified atom stereocenters. The van der Waals surface area contributed by atoms with Crippen molar-refractivity contribution in [3.8, 4) is 29.1 Å². The Morgan fingerprint density at radius 2 is 1.25 bits per heavy atom. The lowest BCUT2D eigenvalue weighted by atomic mass is 10.2. The van der Waals surface area contributed by atoms with Crippen LogP contribution in [0.4, 0.5) is 11.4 Å². The first-order valence-electron chi connectivity index (χ1n) is 7.25. The van der Waals surface area contributed by atoms with Crippen LogP contribution in [0.3, 0.4) is 0 Å². The second kappa shape index (κ2) is 6.63. The molecule has 3 rings (SSSR count). The van der Waals surface area contributed by atoms with Crippen molar-refractivity contribution in [2.24, 2.45) is 0 Å². The number of benzene rings is 3. The zero-order valence-corrected chi connectivity index (χ0v) is 12.8. The molecule has 0 heterocycles.